The smallest absolute Gasteiger partial charge is 0.291 e. The summed E-state index contributed by atoms with van der Waals surface area (Å²) in [5.41, 5.74) is 0. The number of carbonyl (C=O) groups excluding carboxylic acids is 1. The molecule has 3 rings (SSSR count). The molecule has 1 saturated heterocycles. The van der Waals surface area contributed by atoms with Crippen molar-refractivity contribution >= 4 is 11.7 Å². The summed E-state index contributed by atoms with van der Waals surface area (Å²) in [6, 6.07) is 1.83. The summed E-state index contributed by atoms with van der Waals surface area (Å²) in [6.07, 6.45) is 7.17. The lowest BCUT2D eigenvalue weighted by molar-refractivity contribution is 0.0915. The van der Waals surface area contributed by atoms with E-state index in [0.29, 0.717) is 5.78 Å². The van der Waals surface area contributed by atoms with Crippen LogP contribution in [0, 0.1) is 0 Å². The van der Waals surface area contributed by atoms with Crippen molar-refractivity contribution < 1.29 is 4.79 Å². The molecule has 7 nitrogen and oxygen atoms in total. The van der Waals surface area contributed by atoms with Crippen LogP contribution in [0.25, 0.3) is 5.78 Å². The average molecular weight is 288 g/mol. The molecule has 1 atom stereocenters. The van der Waals surface area contributed by atoms with Crippen molar-refractivity contribution in [2.24, 2.45) is 0 Å². The topological polar surface area (TPSA) is 75.4 Å². The Balaban J connectivity index is 1.59. The van der Waals surface area contributed by atoms with Crippen LogP contribution < -0.4 is 5.32 Å². The Bertz CT molecular complexity index is 586. The molecule has 0 radical (unpaired) electrons. The van der Waals surface area contributed by atoms with Gasteiger partial charge in [-0.1, -0.05) is 6.42 Å². The highest BCUT2D eigenvalue weighted by Crippen LogP contribution is 2.09. The zero-order valence-electron chi connectivity index (χ0n) is 12.2. The van der Waals surface area contributed by atoms with E-state index in [1.54, 1.807) is 18.5 Å². The van der Waals surface area contributed by atoms with E-state index in [2.05, 4.69) is 25.3 Å². The van der Waals surface area contributed by atoms with E-state index in [4.69, 9.17) is 0 Å². The van der Waals surface area contributed by atoms with Gasteiger partial charge in [0.15, 0.2) is 0 Å². The summed E-state index contributed by atoms with van der Waals surface area (Å²) in [5, 5.41) is 7.09. The minimum atomic E-state index is -0.245. The number of fused-ring (bicyclic) bond motifs is 1. The fraction of sp³-hybridized carbons (Fsp3) is 0.571. The van der Waals surface area contributed by atoms with Crippen LogP contribution in [0.2, 0.25) is 0 Å². The van der Waals surface area contributed by atoms with Crippen molar-refractivity contribution in [1.29, 1.82) is 0 Å². The molecule has 1 fully saturated rings. The fourth-order valence-electron chi connectivity index (χ4n) is 2.69. The molecule has 2 aromatic rings. The predicted octanol–water partition coefficient (Wildman–Crippen LogP) is 0.728. The Kier molecular flexibility index (Phi) is 4.10. The van der Waals surface area contributed by atoms with Gasteiger partial charge in [-0.2, -0.15) is 4.98 Å². The van der Waals surface area contributed by atoms with Crippen LogP contribution in [0.3, 0.4) is 0 Å². The summed E-state index contributed by atoms with van der Waals surface area (Å²) in [6.45, 7) is 5.13. The van der Waals surface area contributed by atoms with E-state index < -0.39 is 0 Å². The lowest BCUT2D eigenvalue weighted by Crippen LogP contribution is -2.43. The van der Waals surface area contributed by atoms with Gasteiger partial charge in [0.2, 0.25) is 5.82 Å². The van der Waals surface area contributed by atoms with Crippen LogP contribution in [0.5, 0.6) is 0 Å². The third-order valence-electron chi connectivity index (χ3n) is 3.68. The van der Waals surface area contributed by atoms with Crippen LogP contribution in [0.15, 0.2) is 18.5 Å². The van der Waals surface area contributed by atoms with Gasteiger partial charge in [0.1, 0.15) is 0 Å². The molecule has 3 heterocycles. The number of amides is 1. The molecule has 7 heteroatoms. The molecule has 0 spiro atoms. The van der Waals surface area contributed by atoms with Gasteiger partial charge in [-0.15, -0.1) is 5.10 Å². The van der Waals surface area contributed by atoms with Crippen LogP contribution >= 0.6 is 0 Å². The maximum Gasteiger partial charge on any atom is 0.291 e. The fourth-order valence-corrected chi connectivity index (χ4v) is 2.69. The lowest BCUT2D eigenvalue weighted by Gasteiger charge is -2.29. The zero-order valence-corrected chi connectivity index (χ0v) is 12.2. The van der Waals surface area contributed by atoms with Crippen LogP contribution in [-0.2, 0) is 0 Å². The highest BCUT2D eigenvalue weighted by atomic mass is 16.2. The van der Waals surface area contributed by atoms with Crippen molar-refractivity contribution in [1.82, 2.24) is 29.8 Å². The molecule has 2 aromatic heterocycles. The molecule has 0 aromatic carbocycles. The van der Waals surface area contributed by atoms with Crippen LogP contribution in [0.1, 0.15) is 36.8 Å². The predicted molar refractivity (Wildman–Crippen MR) is 78.0 cm³/mol. The molecule has 1 aliphatic heterocycles. The van der Waals surface area contributed by atoms with E-state index in [-0.39, 0.29) is 17.8 Å². The summed E-state index contributed by atoms with van der Waals surface area (Å²) in [7, 11) is 0. The molecular formula is C14H20N6O. The van der Waals surface area contributed by atoms with E-state index in [9.17, 15) is 4.79 Å². The summed E-state index contributed by atoms with van der Waals surface area (Å²) < 4.78 is 1.50. The Labute approximate surface area is 123 Å². The van der Waals surface area contributed by atoms with Gasteiger partial charge in [0, 0.05) is 25.0 Å². The standard InChI is InChI=1S/C14H20N6O/c1-11(10-19-7-3-2-4-8-19)16-13(21)12-17-14-15-6-5-9-20(14)18-12/h5-6,9,11H,2-4,7-8,10H2,1H3,(H,16,21). The molecule has 1 amide bonds. The van der Waals surface area contributed by atoms with Crippen LogP contribution in [0.4, 0.5) is 0 Å². The Morgan fingerprint density at radius 1 is 1.38 bits per heavy atom. The molecule has 0 saturated carbocycles. The van der Waals surface area contributed by atoms with E-state index in [1.165, 1.54) is 23.8 Å². The number of nitrogens with zero attached hydrogens (tertiary/aromatic N) is 5. The Morgan fingerprint density at radius 2 is 2.19 bits per heavy atom. The highest BCUT2D eigenvalue weighted by Gasteiger charge is 2.18. The zero-order chi connectivity index (χ0) is 14.7. The largest absolute Gasteiger partial charge is 0.346 e. The number of rotatable bonds is 4. The summed E-state index contributed by atoms with van der Waals surface area (Å²) in [4.78, 5) is 22.8. The molecule has 0 aliphatic carbocycles. The third-order valence-corrected chi connectivity index (χ3v) is 3.68. The molecular weight excluding hydrogens is 268 g/mol. The maximum atomic E-state index is 12.2. The van der Waals surface area contributed by atoms with E-state index in [0.717, 1.165) is 19.6 Å². The quantitative estimate of drug-likeness (QED) is 0.897. The van der Waals surface area contributed by atoms with Gasteiger partial charge in [-0.25, -0.2) is 9.50 Å². The van der Waals surface area contributed by atoms with Gasteiger partial charge < -0.3 is 10.2 Å². The number of piperidine rings is 1. The van der Waals surface area contributed by atoms with Crippen molar-refractivity contribution in [3.63, 3.8) is 0 Å². The highest BCUT2D eigenvalue weighted by molar-refractivity contribution is 5.90. The number of carbonyl (C=O) groups is 1. The number of nitrogens with one attached hydrogen (secondary N) is 1. The molecule has 0 bridgehead atoms. The van der Waals surface area contributed by atoms with Crippen molar-refractivity contribution in [2.45, 2.75) is 32.2 Å². The minimum Gasteiger partial charge on any atom is -0.346 e. The number of likely N-dealkylation sites (tertiary alicyclic amines) is 1. The van der Waals surface area contributed by atoms with Crippen LogP contribution in [-0.4, -0.2) is 56.1 Å². The second-order valence-electron chi connectivity index (χ2n) is 5.54. The van der Waals surface area contributed by atoms with Gasteiger partial charge in [0.05, 0.1) is 0 Å². The minimum absolute atomic E-state index is 0.0789. The Morgan fingerprint density at radius 3 is 2.95 bits per heavy atom. The van der Waals surface area contributed by atoms with Gasteiger partial charge >= 0.3 is 0 Å². The monoisotopic (exact) mass is 288 g/mol. The Hall–Kier alpha value is -2.02. The third kappa shape index (κ3) is 3.36. The van der Waals surface area contributed by atoms with Gasteiger partial charge in [-0.05, 0) is 38.9 Å². The second-order valence-corrected chi connectivity index (χ2v) is 5.54. The number of hydrogen-bond donors (Lipinski definition) is 1. The first-order valence-corrected chi connectivity index (χ1v) is 7.43. The van der Waals surface area contributed by atoms with E-state index in [1.807, 2.05) is 6.92 Å². The first-order valence-electron chi connectivity index (χ1n) is 7.43. The van der Waals surface area contributed by atoms with Crippen molar-refractivity contribution in [2.75, 3.05) is 19.6 Å². The number of hydrogen-bond acceptors (Lipinski definition) is 5. The lowest BCUT2D eigenvalue weighted by atomic mass is 10.1. The average Bonchev–Trinajstić information content (AvgIpc) is 2.92. The first-order chi connectivity index (χ1) is 10.2. The molecule has 112 valence electrons. The molecule has 1 aliphatic rings. The van der Waals surface area contributed by atoms with E-state index >= 15 is 0 Å². The van der Waals surface area contributed by atoms with Crippen molar-refractivity contribution in [3.8, 4) is 0 Å². The van der Waals surface area contributed by atoms with Gasteiger partial charge in [-0.3, -0.25) is 4.79 Å². The van der Waals surface area contributed by atoms with Gasteiger partial charge in [0.25, 0.3) is 11.7 Å². The number of aromatic nitrogens is 4. The first kappa shape index (κ1) is 13.9. The normalized spacial score (nSPS) is 17.8. The SMILES string of the molecule is CC(CN1CCCCC1)NC(=O)c1nc2ncccn2n1. The summed E-state index contributed by atoms with van der Waals surface area (Å²) in [5.74, 6) is 0.357. The summed E-state index contributed by atoms with van der Waals surface area (Å²) >= 11 is 0. The second kappa shape index (κ2) is 6.17. The molecule has 1 N–H and O–H groups in total. The van der Waals surface area contributed by atoms with Crippen molar-refractivity contribution in [3.05, 3.63) is 24.3 Å². The molecule has 1 unspecified atom stereocenters. The maximum absolute atomic E-state index is 12.2. The molecule has 21 heavy (non-hydrogen) atoms.